The summed E-state index contributed by atoms with van der Waals surface area (Å²) in [5.74, 6) is -0.450. The van der Waals surface area contributed by atoms with Crippen LogP contribution in [-0.2, 0) is 26.5 Å². The molecule has 17 heteroatoms. The molecule has 4 heterocycles. The molecule has 11 nitrogen and oxygen atoms in total. The Labute approximate surface area is 320 Å². The van der Waals surface area contributed by atoms with Crippen LogP contribution >= 0.6 is 57.6 Å². The first-order valence-corrected chi connectivity index (χ1v) is 18.5. The fourth-order valence-corrected chi connectivity index (χ4v) is 8.15. The molecule has 2 saturated heterocycles. The summed E-state index contributed by atoms with van der Waals surface area (Å²) >= 11 is 15.2. The number of aromatic nitrogens is 1. The molecule has 272 valence electrons. The number of cyclic esters (lactones) is 1. The second kappa shape index (κ2) is 14.3. The summed E-state index contributed by atoms with van der Waals surface area (Å²) in [6.45, 7) is 6.91. The molecule has 0 unspecified atom stereocenters. The van der Waals surface area contributed by atoms with Gasteiger partial charge in [0.05, 0.1) is 35.1 Å². The minimum atomic E-state index is -3.47. The topological polar surface area (TPSA) is 121 Å². The zero-order chi connectivity index (χ0) is 37.0. The third kappa shape index (κ3) is 7.76. The Morgan fingerprint density at radius 2 is 1.75 bits per heavy atom. The van der Waals surface area contributed by atoms with Crippen molar-refractivity contribution in [3.8, 4) is 5.75 Å². The number of fused-ring (bicyclic) bond motifs is 1. The lowest BCUT2D eigenvalue weighted by molar-refractivity contribution is 0.00816. The van der Waals surface area contributed by atoms with Gasteiger partial charge >= 0.3 is 16.1 Å². The average molecular weight is 878 g/mol. The van der Waals surface area contributed by atoms with Crippen LogP contribution in [0.5, 0.6) is 5.75 Å². The number of ether oxygens (including phenoxy) is 3. The van der Waals surface area contributed by atoms with E-state index in [0.717, 1.165) is 51.5 Å². The number of anilines is 1. The number of nitrogens with one attached hydrogen (secondary N) is 1. The molecule has 0 radical (unpaired) electrons. The Hall–Kier alpha value is -3.28. The quantitative estimate of drug-likeness (QED) is 0.187. The number of methoxy groups -OCH3 is 1. The van der Waals surface area contributed by atoms with E-state index in [0.29, 0.717) is 49.7 Å². The number of halogens is 5. The minimum absolute atomic E-state index is 0.0645. The molecular formula is C34H33Cl2F2IN4O7S. The van der Waals surface area contributed by atoms with Crippen LogP contribution in [0.15, 0.2) is 44.9 Å². The maximum atomic E-state index is 14.6. The number of pyridine rings is 1. The maximum absolute atomic E-state index is 14.6. The van der Waals surface area contributed by atoms with Crippen molar-refractivity contribution in [2.75, 3.05) is 38.3 Å². The summed E-state index contributed by atoms with van der Waals surface area (Å²) in [6.07, 6.45) is -0.330. The molecule has 3 amide bonds. The highest BCUT2D eigenvalue weighted by molar-refractivity contribution is 14.1. The molecule has 6 rings (SSSR count). The van der Waals surface area contributed by atoms with Crippen molar-refractivity contribution in [3.05, 3.63) is 78.7 Å². The second-order valence-electron chi connectivity index (χ2n) is 13.3. The highest BCUT2D eigenvalue weighted by Crippen LogP contribution is 2.46. The molecule has 0 aliphatic carbocycles. The summed E-state index contributed by atoms with van der Waals surface area (Å²) in [5, 5.41) is 0.398. The molecule has 3 aliphatic heterocycles. The molecule has 1 aromatic heterocycles. The third-order valence-corrected chi connectivity index (χ3v) is 11.3. The summed E-state index contributed by atoms with van der Waals surface area (Å²) in [7, 11) is 1.47. The first-order chi connectivity index (χ1) is 23.9. The van der Waals surface area contributed by atoms with Crippen molar-refractivity contribution in [1.82, 2.24) is 14.8 Å². The number of carbonyl (C=O) groups excluding carboxylic acids is 3. The van der Waals surface area contributed by atoms with Gasteiger partial charge in [0.2, 0.25) is 0 Å². The van der Waals surface area contributed by atoms with E-state index in [1.807, 2.05) is 0 Å². The second-order valence-corrected chi connectivity index (χ2v) is 16.5. The predicted molar refractivity (Wildman–Crippen MR) is 196 cm³/mol. The number of amides is 3. The van der Waals surface area contributed by atoms with E-state index in [2.05, 4.69) is 4.98 Å². The number of benzene rings is 2. The molecule has 0 atom stereocenters. The van der Waals surface area contributed by atoms with Gasteiger partial charge in [-0.15, -0.1) is 0 Å². The van der Waals surface area contributed by atoms with Gasteiger partial charge in [0.15, 0.2) is 0 Å². The number of alkyl halides is 3. The third-order valence-electron chi connectivity index (χ3n) is 8.55. The number of H-pyrrole nitrogens is 1. The van der Waals surface area contributed by atoms with E-state index < -0.39 is 38.9 Å². The van der Waals surface area contributed by atoms with Crippen LogP contribution in [0.2, 0.25) is 10.0 Å². The number of nitrogens with zero attached hydrogens (tertiary/aromatic N) is 3. The van der Waals surface area contributed by atoms with Crippen LogP contribution in [0.25, 0.3) is 0 Å². The fourth-order valence-electron chi connectivity index (χ4n) is 6.05. The van der Waals surface area contributed by atoms with Crippen LogP contribution in [-0.4, -0.2) is 71.8 Å². The zero-order valence-electron chi connectivity index (χ0n) is 27.9. The van der Waals surface area contributed by atoms with Gasteiger partial charge in [-0.25, -0.2) is 9.59 Å². The van der Waals surface area contributed by atoms with Crippen molar-refractivity contribution in [3.63, 3.8) is 0 Å². The Morgan fingerprint density at radius 1 is 1.06 bits per heavy atom. The van der Waals surface area contributed by atoms with Gasteiger partial charge in [-0.2, -0.15) is 8.78 Å². The number of aromatic amines is 1. The summed E-state index contributed by atoms with van der Waals surface area (Å²) in [6, 6.07) is 7.88. The van der Waals surface area contributed by atoms with Crippen molar-refractivity contribution < 1.29 is 37.4 Å². The van der Waals surface area contributed by atoms with Crippen LogP contribution in [0, 0.1) is 0 Å². The van der Waals surface area contributed by atoms with Crippen molar-refractivity contribution in [2.24, 2.45) is 0 Å². The van der Waals surface area contributed by atoms with Gasteiger partial charge < -0.3 is 29.0 Å². The Balaban J connectivity index is 1.31. The first-order valence-electron chi connectivity index (χ1n) is 15.9. The molecular weight excluding hydrogens is 844 g/mol. The standard InChI is InChI=1S/C34H33Cl2F2IN4O7S/c1-33(2,3)50-31(46)42-15-19(16-42)20-6-7-21(35)28(27(20)36)51-24-12-25(34(37,38)39)40-29(44)26(24)30(45)41-13-17-10-22(23(48-4)11-18(17)14-41)43-8-5-9-49-32(43)47/h6-7,10-12,19H,5,8-9,13-16H2,1-4H3,(H,40,44). The van der Waals surface area contributed by atoms with E-state index >= 15 is 0 Å². The summed E-state index contributed by atoms with van der Waals surface area (Å²) in [5.41, 5.74) is -0.112. The lowest BCUT2D eigenvalue weighted by atomic mass is 9.92. The molecule has 51 heavy (non-hydrogen) atoms. The monoisotopic (exact) mass is 876 g/mol. The lowest BCUT2D eigenvalue weighted by Crippen LogP contribution is -2.50. The minimum Gasteiger partial charge on any atom is -0.495 e. The molecule has 3 aromatic rings. The first kappa shape index (κ1) is 37.5. The predicted octanol–water partition coefficient (Wildman–Crippen LogP) is 8.16. The van der Waals surface area contributed by atoms with Crippen molar-refractivity contribution in [1.29, 1.82) is 0 Å². The summed E-state index contributed by atoms with van der Waals surface area (Å²) in [4.78, 5) is 59.5. The van der Waals surface area contributed by atoms with Gasteiger partial charge in [-0.05, 0) is 68.1 Å². The van der Waals surface area contributed by atoms with Gasteiger partial charge in [0.25, 0.3) is 11.5 Å². The number of carbonyl (C=O) groups is 3. The van der Waals surface area contributed by atoms with Crippen LogP contribution in [0.1, 0.15) is 65.9 Å². The van der Waals surface area contributed by atoms with Crippen LogP contribution < -0.4 is 15.2 Å². The normalized spacial score (nSPS) is 16.5. The smallest absolute Gasteiger partial charge is 0.414 e. The molecule has 1 N–H and O–H groups in total. The highest BCUT2D eigenvalue weighted by atomic mass is 127. The summed E-state index contributed by atoms with van der Waals surface area (Å²) < 4.78 is 42.0. The maximum Gasteiger partial charge on any atom is 0.414 e. The number of hydrogen-bond donors (Lipinski definition) is 1. The largest absolute Gasteiger partial charge is 0.495 e. The molecule has 2 aromatic carbocycles. The number of hydrogen-bond acceptors (Lipinski definition) is 8. The van der Waals surface area contributed by atoms with E-state index in [4.69, 9.17) is 37.4 Å². The van der Waals surface area contributed by atoms with Crippen LogP contribution in [0.4, 0.5) is 24.1 Å². The van der Waals surface area contributed by atoms with E-state index in [1.165, 1.54) is 16.9 Å². The zero-order valence-corrected chi connectivity index (χ0v) is 32.4. The molecule has 0 spiro atoms. The van der Waals surface area contributed by atoms with E-state index in [9.17, 15) is 28.0 Å². The molecule has 0 bridgehead atoms. The number of rotatable bonds is 7. The molecule has 2 fully saturated rings. The lowest BCUT2D eigenvalue weighted by Gasteiger charge is -2.40. The Kier molecular flexibility index (Phi) is 10.5. The van der Waals surface area contributed by atoms with Crippen molar-refractivity contribution in [2.45, 2.75) is 65.5 Å². The Bertz CT molecular complexity index is 1980. The van der Waals surface area contributed by atoms with Crippen molar-refractivity contribution >= 4 is 81.3 Å². The van der Waals surface area contributed by atoms with Gasteiger partial charge in [-0.1, -0.05) is 41.0 Å². The Morgan fingerprint density at radius 3 is 2.37 bits per heavy atom. The van der Waals surface area contributed by atoms with Gasteiger partial charge in [0, 0.05) is 71.0 Å². The molecule has 0 saturated carbocycles. The van der Waals surface area contributed by atoms with E-state index in [1.54, 1.807) is 49.9 Å². The highest BCUT2D eigenvalue weighted by Gasteiger charge is 2.38. The van der Waals surface area contributed by atoms with Gasteiger partial charge in [0.1, 0.15) is 16.9 Å². The fraction of sp³-hybridized carbons (Fsp3) is 0.412. The van der Waals surface area contributed by atoms with Gasteiger partial charge in [-0.3, -0.25) is 14.5 Å². The SMILES string of the molecule is COc1cc2c(cc1N1CCCOC1=O)CN(C(=O)c1c(Sc3c(Cl)ccc(C4CN(C(=O)OC(C)(C)C)C4)c3Cl)cc(C(F)(F)I)[nH]c1=O)C2. The number of likely N-dealkylation sites (tertiary alicyclic amines) is 1. The average Bonchev–Trinajstić information content (AvgIpc) is 3.44. The van der Waals surface area contributed by atoms with E-state index in [-0.39, 0.29) is 44.4 Å². The van der Waals surface area contributed by atoms with Crippen LogP contribution in [0.3, 0.4) is 0 Å². The molecule has 3 aliphatic rings.